The molecule has 0 heterocycles. The zero-order valence-electron chi connectivity index (χ0n) is 2.29. The Kier molecular flexibility index (Phi) is 1.18. The van der Waals surface area contributed by atoms with Crippen LogP contribution in [0.25, 0.3) is 0 Å². The highest BCUT2D eigenvalue weighted by atomic mass is 31.2. The Morgan fingerprint density at radius 3 is 2.00 bits per heavy atom. The van der Waals surface area contributed by atoms with Gasteiger partial charge in [0.15, 0.2) is 0 Å². The van der Waals surface area contributed by atoms with Gasteiger partial charge in [0.1, 0.15) is 0 Å². The van der Waals surface area contributed by atoms with Gasteiger partial charge in [-0.25, -0.2) is 0 Å². The van der Waals surface area contributed by atoms with E-state index in [0.29, 0.717) is 0 Å². The topological polar surface area (TPSA) is 60.4 Å². The molecule has 0 rings (SSSR count). The molecule has 0 aromatic carbocycles. The summed E-state index contributed by atoms with van der Waals surface area (Å²) < 4.78 is 8.99. The van der Waals surface area contributed by atoms with Crippen LogP contribution >= 0.6 is 7.47 Å². The summed E-state index contributed by atoms with van der Waals surface area (Å²) in [5, 5.41) is 0. The zero-order valence-corrected chi connectivity index (χ0v) is 3.18. The van der Waals surface area contributed by atoms with Crippen LogP contribution in [0, 0.1) is 0 Å². The first-order valence-electron chi connectivity index (χ1n) is 0.823. The molecule has 0 aliphatic rings. The maximum absolute atomic E-state index is 8.99. The Morgan fingerprint density at radius 1 is 2.00 bits per heavy atom. The lowest BCUT2D eigenvalue weighted by Gasteiger charge is -2.23. The lowest BCUT2D eigenvalue weighted by atomic mass is 10.8. The van der Waals surface area contributed by atoms with Crippen molar-refractivity contribution in [2.75, 3.05) is 0 Å². The minimum atomic E-state index is -4.39. The maximum atomic E-state index is 8.99. The molecule has 0 aromatic rings. The predicted octanol–water partition coefficient (Wildman–Crippen LogP) is -1.38. The fraction of sp³-hybridized carbons (Fsp3) is 0. The molecule has 0 bridgehead atoms. The predicted molar refractivity (Wildman–Crippen MR) is 15.6 cm³/mol. The van der Waals surface area contributed by atoms with Crippen molar-refractivity contribution in [2.45, 2.75) is 0 Å². The monoisotopic (exact) mass is 91.0 g/mol. The van der Waals surface area contributed by atoms with Gasteiger partial charge in [-0.1, -0.05) is 0 Å². The van der Waals surface area contributed by atoms with E-state index in [0.717, 1.165) is 0 Å². The van der Waals surface area contributed by atoms with Gasteiger partial charge in [-0.05, 0) is 0 Å². The molecule has 29 valence electrons. The summed E-state index contributed by atoms with van der Waals surface area (Å²) in [6, 6.07) is 0. The largest absolute Gasteiger partial charge is 0.814 e. The van der Waals surface area contributed by atoms with Crippen molar-refractivity contribution in [2.24, 2.45) is 0 Å². The van der Waals surface area contributed by atoms with Crippen LogP contribution in [0.1, 0.15) is 0 Å². The molecule has 1 atom stereocenters. The van der Waals surface area contributed by atoms with Gasteiger partial charge in [0, 0.05) is 0 Å². The van der Waals surface area contributed by atoms with E-state index in [1.165, 1.54) is 0 Å². The van der Waals surface area contributed by atoms with Crippen LogP contribution in [-0.4, -0.2) is 12.5 Å². The van der Waals surface area contributed by atoms with Gasteiger partial charge in [-0.15, -0.1) is 7.47 Å². The quantitative estimate of drug-likeness (QED) is 0.295. The maximum Gasteiger partial charge on any atom is -0.132 e. The molecule has 1 unspecified atom stereocenters. The van der Waals surface area contributed by atoms with Crippen molar-refractivity contribution in [3.63, 3.8) is 0 Å². The van der Waals surface area contributed by atoms with E-state index in [1.807, 2.05) is 0 Å². The van der Waals surface area contributed by atoms with Gasteiger partial charge >= 0.3 is 0 Å². The van der Waals surface area contributed by atoms with Gasteiger partial charge in [0.25, 0.3) is 0 Å². The molecule has 0 aliphatic carbocycles. The highest BCUT2D eigenvalue weighted by molar-refractivity contribution is 7.76. The highest BCUT2D eigenvalue weighted by Crippen LogP contribution is 2.17. The second kappa shape index (κ2) is 1.13. The molecule has 1 N–H and O–H groups in total. The van der Waals surface area contributed by atoms with Crippen LogP contribution in [-0.2, 0) is 4.57 Å². The third-order valence-electron chi connectivity index (χ3n) is 0. The second-order valence-corrected chi connectivity index (χ2v) is 1.69. The molecule has 0 saturated carbocycles. The third kappa shape index (κ3) is 448. The first-order valence-corrected chi connectivity index (χ1v) is 2.47. The molecule has 0 saturated heterocycles. The second-order valence-electron chi connectivity index (χ2n) is 0.564. The van der Waals surface area contributed by atoms with Gasteiger partial charge in [0.2, 0.25) is 0 Å². The summed E-state index contributed by atoms with van der Waals surface area (Å²) in [5.74, 6) is 0. The summed E-state index contributed by atoms with van der Waals surface area (Å²) in [6.45, 7) is 0. The average Bonchev–Trinajstić information content (AvgIpc) is 0.722. The third-order valence-corrected chi connectivity index (χ3v) is 0. The minimum absolute atomic E-state index is 3.91. The molecule has 5 heteroatoms. The van der Waals surface area contributed by atoms with Crippen LogP contribution in [0.3, 0.4) is 0 Å². The molecule has 0 spiro atoms. The Labute approximate surface area is 30.5 Å². The molecular formula is HBO3P-2. The lowest BCUT2D eigenvalue weighted by molar-refractivity contribution is -0.185. The van der Waals surface area contributed by atoms with Gasteiger partial charge in [0.05, 0.1) is 0 Å². The summed E-state index contributed by atoms with van der Waals surface area (Å²) >= 11 is 0. The summed E-state index contributed by atoms with van der Waals surface area (Å²) in [4.78, 5) is 16.3. The van der Waals surface area contributed by atoms with Crippen LogP contribution in [0.5, 0.6) is 0 Å². The summed E-state index contributed by atoms with van der Waals surface area (Å²) in [5.41, 5.74) is 0. The molecule has 3 nitrogen and oxygen atoms in total. The number of hydrogen-bond donors (Lipinski definition) is 1. The Bertz CT molecular complexity index is 53.0. The van der Waals surface area contributed by atoms with Gasteiger partial charge < -0.3 is 21.9 Å². The van der Waals surface area contributed by atoms with E-state index >= 15 is 0 Å². The lowest BCUT2D eigenvalue weighted by Crippen LogP contribution is -1.95. The average molecular weight is 90.8 g/mol. The molecule has 0 aromatic heterocycles. The van der Waals surface area contributed by atoms with Crippen LogP contribution in [0.4, 0.5) is 0 Å². The van der Waals surface area contributed by atoms with Crippen molar-refractivity contribution < 1.29 is 14.4 Å². The van der Waals surface area contributed by atoms with Crippen molar-refractivity contribution in [3.8, 4) is 0 Å². The standard InChI is InChI=1S/BH2O3P/c1-5(2,3)4/h(H2,2,3,4)/q-1/p-1. The van der Waals surface area contributed by atoms with Crippen molar-refractivity contribution >= 4 is 15.0 Å². The van der Waals surface area contributed by atoms with E-state index in [2.05, 4.69) is 7.57 Å². The van der Waals surface area contributed by atoms with E-state index in [9.17, 15) is 0 Å². The molecule has 5 heavy (non-hydrogen) atoms. The first-order chi connectivity index (χ1) is 2.00. The van der Waals surface area contributed by atoms with Gasteiger partial charge in [-0.3, -0.25) is 0 Å². The highest BCUT2D eigenvalue weighted by Gasteiger charge is 1.55. The van der Waals surface area contributed by atoms with E-state index < -0.39 is 7.47 Å². The summed E-state index contributed by atoms with van der Waals surface area (Å²) in [6.07, 6.45) is 0. The van der Waals surface area contributed by atoms with Crippen LogP contribution in [0.2, 0.25) is 0 Å². The van der Waals surface area contributed by atoms with Crippen LogP contribution < -0.4 is 4.89 Å². The zero-order chi connectivity index (χ0) is 4.50. The normalized spacial score (nSPS) is 21.4. The Hall–Kier alpha value is 0.215. The first kappa shape index (κ1) is 5.21. The fourth-order valence-electron chi connectivity index (χ4n) is 0. The van der Waals surface area contributed by atoms with Crippen molar-refractivity contribution in [1.29, 1.82) is 0 Å². The van der Waals surface area contributed by atoms with Gasteiger partial charge in [-0.2, -0.15) is 0 Å². The molecule has 3 radical (unpaired) electrons. The Morgan fingerprint density at radius 2 is 2.00 bits per heavy atom. The molecular weight excluding hydrogens is 89.8 g/mol. The number of rotatable bonds is 0. The van der Waals surface area contributed by atoms with Crippen LogP contribution in [0.15, 0.2) is 0 Å². The van der Waals surface area contributed by atoms with E-state index in [1.54, 1.807) is 0 Å². The Balaban J connectivity index is 3.47. The van der Waals surface area contributed by atoms with Crippen molar-refractivity contribution in [1.82, 2.24) is 0 Å². The SMILES string of the molecule is [B-]P(=O)([O-])O. The fourth-order valence-corrected chi connectivity index (χ4v) is 0. The molecule has 0 aliphatic heterocycles. The molecule has 0 fully saturated rings. The smallest absolute Gasteiger partial charge is 0.132 e. The van der Waals surface area contributed by atoms with E-state index in [-0.39, 0.29) is 0 Å². The van der Waals surface area contributed by atoms with E-state index in [4.69, 9.17) is 14.4 Å². The van der Waals surface area contributed by atoms with Crippen molar-refractivity contribution in [3.05, 3.63) is 0 Å². The number of hydrogen-bond acceptors (Lipinski definition) is 2. The minimum Gasteiger partial charge on any atom is -0.814 e. The molecule has 0 amide bonds. The summed E-state index contributed by atoms with van der Waals surface area (Å²) in [7, 11) is -0.479.